The van der Waals surface area contributed by atoms with Crippen molar-refractivity contribution in [2.45, 2.75) is 6.43 Å². The Morgan fingerprint density at radius 2 is 1.36 bits per heavy atom. The molecule has 0 aromatic heterocycles. The van der Waals surface area contributed by atoms with Crippen molar-refractivity contribution in [1.29, 1.82) is 0 Å². The molecule has 132 valence electrons. The SMILES string of the molecule is COC(=O)Oc1ccccc1-c1ccccc1OC(=O)OCC(F)F. The summed E-state index contributed by atoms with van der Waals surface area (Å²) in [4.78, 5) is 22.9. The number of hydrogen-bond donors (Lipinski definition) is 0. The number of ether oxygens (including phenoxy) is 4. The van der Waals surface area contributed by atoms with Crippen LogP contribution in [0.2, 0.25) is 0 Å². The molecule has 0 aliphatic carbocycles. The molecule has 0 radical (unpaired) electrons. The normalized spacial score (nSPS) is 10.2. The molecule has 8 heteroatoms. The number of halogens is 2. The zero-order valence-electron chi connectivity index (χ0n) is 13.1. The Kier molecular flexibility index (Phi) is 6.27. The maximum absolute atomic E-state index is 12.1. The molecule has 0 unspecified atom stereocenters. The number of carbonyl (C=O) groups is 2. The van der Waals surface area contributed by atoms with E-state index in [-0.39, 0.29) is 11.5 Å². The number of carbonyl (C=O) groups excluding carboxylic acids is 2. The average molecular weight is 352 g/mol. The molecule has 0 aliphatic heterocycles. The third-order valence-corrected chi connectivity index (χ3v) is 2.94. The second-order valence-corrected chi connectivity index (χ2v) is 4.60. The van der Waals surface area contributed by atoms with E-state index < -0.39 is 25.3 Å². The summed E-state index contributed by atoms with van der Waals surface area (Å²) in [6.07, 6.45) is -4.97. The first-order valence-corrected chi connectivity index (χ1v) is 7.08. The van der Waals surface area contributed by atoms with E-state index in [0.717, 1.165) is 0 Å². The van der Waals surface area contributed by atoms with Gasteiger partial charge in [0.1, 0.15) is 11.5 Å². The predicted molar refractivity (Wildman–Crippen MR) is 82.9 cm³/mol. The third-order valence-electron chi connectivity index (χ3n) is 2.94. The van der Waals surface area contributed by atoms with Crippen LogP contribution in [0.3, 0.4) is 0 Å². The van der Waals surface area contributed by atoms with Gasteiger partial charge in [-0.15, -0.1) is 0 Å². The lowest BCUT2D eigenvalue weighted by atomic mass is 10.0. The molecule has 0 N–H and O–H groups in total. The lowest BCUT2D eigenvalue weighted by molar-refractivity contribution is 0.0288. The van der Waals surface area contributed by atoms with Crippen molar-refractivity contribution in [2.75, 3.05) is 13.7 Å². The van der Waals surface area contributed by atoms with E-state index in [1.165, 1.54) is 19.2 Å². The maximum atomic E-state index is 12.1. The van der Waals surface area contributed by atoms with Crippen LogP contribution in [-0.4, -0.2) is 32.5 Å². The van der Waals surface area contributed by atoms with Crippen molar-refractivity contribution in [1.82, 2.24) is 0 Å². The van der Waals surface area contributed by atoms with Crippen molar-refractivity contribution in [3.63, 3.8) is 0 Å². The van der Waals surface area contributed by atoms with E-state index in [9.17, 15) is 18.4 Å². The topological polar surface area (TPSA) is 71.1 Å². The molecule has 25 heavy (non-hydrogen) atoms. The highest BCUT2D eigenvalue weighted by atomic mass is 19.3. The Morgan fingerprint density at radius 1 is 0.880 bits per heavy atom. The minimum atomic E-state index is -2.79. The van der Waals surface area contributed by atoms with Crippen molar-refractivity contribution < 1.29 is 37.3 Å². The summed E-state index contributed by atoms with van der Waals surface area (Å²) in [5.74, 6) is 0.231. The van der Waals surface area contributed by atoms with Crippen LogP contribution >= 0.6 is 0 Å². The molecule has 0 heterocycles. The lowest BCUT2D eigenvalue weighted by Gasteiger charge is -2.13. The second kappa shape index (κ2) is 8.62. The molecular formula is C17H14F2O6. The van der Waals surface area contributed by atoms with Gasteiger partial charge in [0.25, 0.3) is 6.43 Å². The van der Waals surface area contributed by atoms with Crippen LogP contribution in [0, 0.1) is 0 Å². The van der Waals surface area contributed by atoms with Crippen LogP contribution in [0.5, 0.6) is 11.5 Å². The molecule has 0 amide bonds. The zero-order valence-corrected chi connectivity index (χ0v) is 13.1. The molecule has 0 saturated carbocycles. The van der Waals surface area contributed by atoms with E-state index in [4.69, 9.17) is 9.47 Å². The summed E-state index contributed by atoms with van der Waals surface area (Å²) < 4.78 is 43.0. The number of methoxy groups -OCH3 is 1. The van der Waals surface area contributed by atoms with Crippen LogP contribution in [0.1, 0.15) is 0 Å². The molecule has 0 aliphatic rings. The van der Waals surface area contributed by atoms with Crippen LogP contribution in [-0.2, 0) is 9.47 Å². The van der Waals surface area contributed by atoms with E-state index in [1.54, 1.807) is 36.4 Å². The summed E-state index contributed by atoms with van der Waals surface area (Å²) in [5.41, 5.74) is 0.834. The molecule has 2 aromatic rings. The first kappa shape index (κ1) is 18.2. The average Bonchev–Trinajstić information content (AvgIpc) is 2.61. The molecule has 2 aromatic carbocycles. The van der Waals surface area contributed by atoms with Crippen molar-refractivity contribution in [2.24, 2.45) is 0 Å². The van der Waals surface area contributed by atoms with Gasteiger partial charge in [0, 0.05) is 11.1 Å². The number of hydrogen-bond acceptors (Lipinski definition) is 6. The standard InChI is InChI=1S/C17H14F2O6/c1-22-16(20)24-13-8-4-2-6-11(13)12-7-3-5-9-14(12)25-17(21)23-10-15(18)19/h2-9,15H,10H2,1H3. The van der Waals surface area contributed by atoms with Gasteiger partial charge in [-0.2, -0.15) is 0 Å². The molecule has 0 atom stereocenters. The van der Waals surface area contributed by atoms with Gasteiger partial charge in [-0.3, -0.25) is 0 Å². The number of rotatable bonds is 5. The van der Waals surface area contributed by atoms with Gasteiger partial charge in [0.15, 0.2) is 6.61 Å². The highest BCUT2D eigenvalue weighted by molar-refractivity contribution is 5.80. The molecular weight excluding hydrogens is 338 g/mol. The van der Waals surface area contributed by atoms with Crippen LogP contribution in [0.4, 0.5) is 18.4 Å². The summed E-state index contributed by atoms with van der Waals surface area (Å²) in [7, 11) is 1.17. The summed E-state index contributed by atoms with van der Waals surface area (Å²) in [6.45, 7) is -1.07. The first-order chi connectivity index (χ1) is 12.0. The molecule has 2 rings (SSSR count). The zero-order chi connectivity index (χ0) is 18.2. The first-order valence-electron chi connectivity index (χ1n) is 7.08. The van der Waals surface area contributed by atoms with E-state index in [2.05, 4.69) is 9.47 Å². The Balaban J connectivity index is 2.29. The quantitative estimate of drug-likeness (QED) is 0.591. The minimum absolute atomic E-state index is 0.0580. The Labute approximate surface area is 141 Å². The molecule has 0 saturated heterocycles. The molecule has 0 spiro atoms. The van der Waals surface area contributed by atoms with E-state index >= 15 is 0 Å². The summed E-state index contributed by atoms with van der Waals surface area (Å²) in [6, 6.07) is 12.8. The largest absolute Gasteiger partial charge is 0.514 e. The van der Waals surface area contributed by atoms with Gasteiger partial charge in [0.2, 0.25) is 0 Å². The predicted octanol–water partition coefficient (Wildman–Crippen LogP) is 4.28. The van der Waals surface area contributed by atoms with Gasteiger partial charge >= 0.3 is 12.3 Å². The third kappa shape index (κ3) is 5.17. The Morgan fingerprint density at radius 3 is 1.84 bits per heavy atom. The summed E-state index contributed by atoms with van der Waals surface area (Å²) in [5, 5.41) is 0. The highest BCUT2D eigenvalue weighted by Gasteiger charge is 2.17. The molecule has 6 nitrogen and oxygen atoms in total. The summed E-state index contributed by atoms with van der Waals surface area (Å²) >= 11 is 0. The number of alkyl halides is 2. The van der Waals surface area contributed by atoms with Gasteiger partial charge in [-0.25, -0.2) is 18.4 Å². The Bertz CT molecular complexity index is 747. The second-order valence-electron chi connectivity index (χ2n) is 4.60. The molecule has 0 fully saturated rings. The van der Waals surface area contributed by atoms with Crippen LogP contribution < -0.4 is 9.47 Å². The van der Waals surface area contributed by atoms with Crippen molar-refractivity contribution in [3.8, 4) is 22.6 Å². The minimum Gasteiger partial charge on any atom is -0.437 e. The monoisotopic (exact) mass is 352 g/mol. The van der Waals surface area contributed by atoms with Gasteiger partial charge in [-0.05, 0) is 12.1 Å². The van der Waals surface area contributed by atoms with Crippen molar-refractivity contribution >= 4 is 12.3 Å². The van der Waals surface area contributed by atoms with E-state index in [1.807, 2.05) is 0 Å². The fraction of sp³-hybridized carbons (Fsp3) is 0.176. The number of benzene rings is 2. The van der Waals surface area contributed by atoms with Gasteiger partial charge < -0.3 is 18.9 Å². The van der Waals surface area contributed by atoms with Crippen LogP contribution in [0.25, 0.3) is 11.1 Å². The van der Waals surface area contributed by atoms with Gasteiger partial charge in [-0.1, -0.05) is 36.4 Å². The molecule has 0 bridgehead atoms. The van der Waals surface area contributed by atoms with Gasteiger partial charge in [0.05, 0.1) is 7.11 Å². The smallest absolute Gasteiger partial charge is 0.437 e. The van der Waals surface area contributed by atoms with E-state index in [0.29, 0.717) is 11.1 Å². The maximum Gasteiger partial charge on any atom is 0.514 e. The van der Waals surface area contributed by atoms with Crippen molar-refractivity contribution in [3.05, 3.63) is 48.5 Å². The Hall–Kier alpha value is -3.16. The number of para-hydroxylation sites is 2. The van der Waals surface area contributed by atoms with Crippen LogP contribution in [0.15, 0.2) is 48.5 Å². The fourth-order valence-corrected chi connectivity index (χ4v) is 1.94. The lowest BCUT2D eigenvalue weighted by Crippen LogP contribution is -2.15. The fourth-order valence-electron chi connectivity index (χ4n) is 1.94. The highest BCUT2D eigenvalue weighted by Crippen LogP contribution is 2.36.